The molecule has 2 heteroatoms. The summed E-state index contributed by atoms with van der Waals surface area (Å²) in [6.45, 7) is 4.22. The molecule has 2 atom stereocenters. The highest BCUT2D eigenvalue weighted by molar-refractivity contribution is 5.86. The summed E-state index contributed by atoms with van der Waals surface area (Å²) < 4.78 is 0. The van der Waals surface area contributed by atoms with E-state index in [1.165, 1.54) is 44.9 Å². The summed E-state index contributed by atoms with van der Waals surface area (Å²) in [6.07, 6.45) is 12.0. The third-order valence-corrected chi connectivity index (χ3v) is 6.24. The zero-order valence-electron chi connectivity index (χ0n) is 12.2. The summed E-state index contributed by atoms with van der Waals surface area (Å²) in [7, 11) is 0. The van der Waals surface area contributed by atoms with E-state index in [1.807, 2.05) is 13.0 Å². The van der Waals surface area contributed by atoms with Gasteiger partial charge in [-0.3, -0.25) is 0 Å². The Morgan fingerprint density at radius 1 is 1.21 bits per heavy atom. The van der Waals surface area contributed by atoms with Crippen LogP contribution in [0.5, 0.6) is 0 Å². The number of carboxylic acids is 1. The summed E-state index contributed by atoms with van der Waals surface area (Å²) in [5, 5.41) is 9.33. The lowest BCUT2D eigenvalue weighted by molar-refractivity contribution is -0.136. The van der Waals surface area contributed by atoms with Crippen LogP contribution in [-0.2, 0) is 4.79 Å². The zero-order valence-corrected chi connectivity index (χ0v) is 12.2. The normalized spacial score (nSPS) is 44.6. The van der Waals surface area contributed by atoms with Gasteiger partial charge < -0.3 is 5.11 Å². The van der Waals surface area contributed by atoms with Crippen molar-refractivity contribution in [3.63, 3.8) is 0 Å². The van der Waals surface area contributed by atoms with Gasteiger partial charge in [-0.25, -0.2) is 4.79 Å². The maximum atomic E-state index is 11.3. The molecule has 0 heterocycles. The second-order valence-electron chi connectivity index (χ2n) is 7.61. The van der Waals surface area contributed by atoms with E-state index in [9.17, 15) is 9.90 Å². The molecule has 0 radical (unpaired) electrons. The average molecular weight is 262 g/mol. The van der Waals surface area contributed by atoms with Crippen molar-refractivity contribution in [3.05, 3.63) is 11.6 Å². The minimum atomic E-state index is -0.705. The maximum absolute atomic E-state index is 11.3. The van der Waals surface area contributed by atoms with Crippen LogP contribution >= 0.6 is 0 Å². The monoisotopic (exact) mass is 262 g/mol. The molecule has 2 unspecified atom stereocenters. The average Bonchev–Trinajstić information content (AvgIpc) is 2.34. The van der Waals surface area contributed by atoms with Crippen molar-refractivity contribution in [3.8, 4) is 0 Å². The minimum Gasteiger partial charge on any atom is -0.478 e. The van der Waals surface area contributed by atoms with Crippen molar-refractivity contribution >= 4 is 5.97 Å². The molecule has 1 N–H and O–H groups in total. The van der Waals surface area contributed by atoms with E-state index in [1.54, 1.807) is 0 Å². The molecule has 4 bridgehead atoms. The summed E-state index contributed by atoms with van der Waals surface area (Å²) in [5.41, 5.74) is 1.52. The summed E-state index contributed by atoms with van der Waals surface area (Å²) >= 11 is 0. The van der Waals surface area contributed by atoms with Gasteiger partial charge in [-0.2, -0.15) is 0 Å². The Bertz CT molecular complexity index is 407. The molecule has 0 amide bonds. The van der Waals surface area contributed by atoms with Gasteiger partial charge in [0.1, 0.15) is 0 Å². The van der Waals surface area contributed by atoms with Crippen LogP contribution in [0, 0.1) is 22.7 Å². The lowest BCUT2D eigenvalue weighted by Crippen LogP contribution is -2.51. The van der Waals surface area contributed by atoms with E-state index in [2.05, 4.69) is 6.92 Å². The number of rotatable bonds is 4. The van der Waals surface area contributed by atoms with Crippen LogP contribution in [0.4, 0.5) is 0 Å². The molecule has 0 aliphatic heterocycles. The van der Waals surface area contributed by atoms with Crippen molar-refractivity contribution < 1.29 is 9.90 Å². The smallest absolute Gasteiger partial charge is 0.331 e. The van der Waals surface area contributed by atoms with Gasteiger partial charge in [0.25, 0.3) is 0 Å². The Morgan fingerprint density at radius 2 is 1.79 bits per heavy atom. The number of carbonyl (C=O) groups is 1. The molecule has 106 valence electrons. The van der Waals surface area contributed by atoms with Crippen LogP contribution in [0.25, 0.3) is 0 Å². The molecule has 4 fully saturated rings. The Hall–Kier alpha value is -0.790. The van der Waals surface area contributed by atoms with Crippen molar-refractivity contribution in [2.45, 2.75) is 65.2 Å². The predicted molar refractivity (Wildman–Crippen MR) is 75.8 cm³/mol. The second kappa shape index (κ2) is 4.36. The second-order valence-corrected chi connectivity index (χ2v) is 7.61. The van der Waals surface area contributed by atoms with E-state index in [0.717, 1.165) is 18.3 Å². The van der Waals surface area contributed by atoms with Crippen LogP contribution in [-0.4, -0.2) is 11.1 Å². The Kier molecular flexibility index (Phi) is 3.03. The Labute approximate surface area is 116 Å². The standard InChI is InChI=1S/C17H26O2/c1-3-14(15(18)19)10-17-8-12-5-13(9-17)7-16(4-2,6-12)11-17/h3,12-13H,4-11H2,1-2H3,(H,18,19). The van der Waals surface area contributed by atoms with E-state index in [4.69, 9.17) is 0 Å². The molecule has 0 aromatic rings. The number of aliphatic carboxylic acids is 1. The molecule has 0 spiro atoms. The molecule has 0 saturated heterocycles. The van der Waals surface area contributed by atoms with Crippen molar-refractivity contribution in [2.75, 3.05) is 0 Å². The van der Waals surface area contributed by atoms with E-state index in [-0.39, 0.29) is 0 Å². The molecule has 19 heavy (non-hydrogen) atoms. The fourth-order valence-corrected chi connectivity index (χ4v) is 5.98. The van der Waals surface area contributed by atoms with Crippen LogP contribution in [0.1, 0.15) is 65.2 Å². The number of hydrogen-bond donors (Lipinski definition) is 1. The number of allylic oxidation sites excluding steroid dienone is 1. The summed E-state index contributed by atoms with van der Waals surface area (Å²) in [6, 6.07) is 0. The molecular formula is C17H26O2. The van der Waals surface area contributed by atoms with Gasteiger partial charge in [0.05, 0.1) is 0 Å². The highest BCUT2D eigenvalue weighted by atomic mass is 16.4. The van der Waals surface area contributed by atoms with E-state index < -0.39 is 5.97 Å². The fraction of sp³-hybridized carbons (Fsp3) is 0.824. The largest absolute Gasteiger partial charge is 0.478 e. The Morgan fingerprint density at radius 3 is 2.26 bits per heavy atom. The molecule has 4 aliphatic rings. The SMILES string of the molecule is CC=C(CC12CC3CC(CC(CC)(C3)C1)C2)C(=O)O. The van der Waals surface area contributed by atoms with Gasteiger partial charge in [-0.05, 0) is 74.5 Å². The van der Waals surface area contributed by atoms with Crippen molar-refractivity contribution in [2.24, 2.45) is 22.7 Å². The van der Waals surface area contributed by atoms with E-state index in [0.29, 0.717) is 16.4 Å². The minimum absolute atomic E-state index is 0.320. The molecular weight excluding hydrogens is 236 g/mol. The van der Waals surface area contributed by atoms with Gasteiger partial charge in [0.15, 0.2) is 0 Å². The number of hydrogen-bond acceptors (Lipinski definition) is 1. The molecule has 2 nitrogen and oxygen atoms in total. The first-order valence-electron chi connectivity index (χ1n) is 7.88. The number of carboxylic acid groups (broad SMARTS) is 1. The molecule has 4 saturated carbocycles. The van der Waals surface area contributed by atoms with Gasteiger partial charge in [-0.1, -0.05) is 19.4 Å². The summed E-state index contributed by atoms with van der Waals surface area (Å²) in [4.78, 5) is 11.3. The topological polar surface area (TPSA) is 37.3 Å². The van der Waals surface area contributed by atoms with Crippen LogP contribution < -0.4 is 0 Å². The quantitative estimate of drug-likeness (QED) is 0.762. The maximum Gasteiger partial charge on any atom is 0.331 e. The molecule has 4 rings (SSSR count). The van der Waals surface area contributed by atoms with Crippen LogP contribution in [0.2, 0.25) is 0 Å². The highest BCUT2D eigenvalue weighted by Gasteiger charge is 2.56. The van der Waals surface area contributed by atoms with Gasteiger partial charge in [-0.15, -0.1) is 0 Å². The van der Waals surface area contributed by atoms with Crippen LogP contribution in [0.15, 0.2) is 11.6 Å². The molecule has 0 aromatic heterocycles. The lowest BCUT2D eigenvalue weighted by atomic mass is 9.43. The van der Waals surface area contributed by atoms with Crippen LogP contribution in [0.3, 0.4) is 0 Å². The highest BCUT2D eigenvalue weighted by Crippen LogP contribution is 2.67. The summed E-state index contributed by atoms with van der Waals surface area (Å²) in [5.74, 6) is 1.06. The van der Waals surface area contributed by atoms with Gasteiger partial charge in [0.2, 0.25) is 0 Å². The zero-order chi connectivity index (χ0) is 13.7. The lowest BCUT2D eigenvalue weighted by Gasteiger charge is -2.62. The third kappa shape index (κ3) is 2.13. The van der Waals surface area contributed by atoms with Crippen molar-refractivity contribution in [1.29, 1.82) is 0 Å². The van der Waals surface area contributed by atoms with Crippen molar-refractivity contribution in [1.82, 2.24) is 0 Å². The third-order valence-electron chi connectivity index (χ3n) is 6.24. The fourth-order valence-electron chi connectivity index (χ4n) is 5.98. The molecule has 0 aromatic carbocycles. The van der Waals surface area contributed by atoms with E-state index >= 15 is 0 Å². The predicted octanol–water partition coefficient (Wildman–Crippen LogP) is 4.40. The first-order chi connectivity index (χ1) is 9.00. The Balaban J connectivity index is 1.86. The van der Waals surface area contributed by atoms with Gasteiger partial charge >= 0.3 is 5.97 Å². The first-order valence-corrected chi connectivity index (χ1v) is 7.88. The molecule has 4 aliphatic carbocycles. The first kappa shape index (κ1) is 13.2. The van der Waals surface area contributed by atoms with Gasteiger partial charge in [0, 0.05) is 5.57 Å².